The van der Waals surface area contributed by atoms with E-state index in [1.54, 1.807) is 16.0 Å². The highest BCUT2D eigenvalue weighted by Crippen LogP contribution is 2.40. The summed E-state index contributed by atoms with van der Waals surface area (Å²) in [6.07, 6.45) is 3.75. The van der Waals surface area contributed by atoms with Gasteiger partial charge in [-0.25, -0.2) is 13.8 Å². The number of hydrogen-bond acceptors (Lipinski definition) is 3. The Morgan fingerprint density at radius 2 is 2.07 bits per heavy atom. The second kappa shape index (κ2) is 7.00. The first kappa shape index (κ1) is 18.6. The molecule has 2 aromatic rings. The Morgan fingerprint density at radius 1 is 1.25 bits per heavy atom. The summed E-state index contributed by atoms with van der Waals surface area (Å²) in [5, 5.41) is 0. The standard InChI is InChI=1S/C20H22F2N4O2/c1-13-10-23-17(24-13)18(27)26-8-6-20(12-26)5-2-7-25(19(20)28)11-14-3-4-15(21)16(22)9-14/h3-4,9-10H,2,5-8,11-12H2,1H3,(H,23,24)/t20-/m1/s1. The van der Waals surface area contributed by atoms with Crippen molar-refractivity contribution in [3.63, 3.8) is 0 Å². The average Bonchev–Trinajstić information content (AvgIpc) is 3.29. The van der Waals surface area contributed by atoms with Gasteiger partial charge in [0.1, 0.15) is 0 Å². The van der Waals surface area contributed by atoms with E-state index >= 15 is 0 Å². The number of H-pyrrole nitrogens is 1. The number of rotatable bonds is 3. The van der Waals surface area contributed by atoms with Gasteiger partial charge in [0.05, 0.1) is 5.41 Å². The summed E-state index contributed by atoms with van der Waals surface area (Å²) < 4.78 is 26.7. The fourth-order valence-corrected chi connectivity index (χ4v) is 4.26. The first-order valence-electron chi connectivity index (χ1n) is 9.42. The molecule has 1 aromatic heterocycles. The molecule has 1 aromatic carbocycles. The van der Waals surface area contributed by atoms with Crippen molar-refractivity contribution in [3.8, 4) is 0 Å². The van der Waals surface area contributed by atoms with Crippen LogP contribution in [0.4, 0.5) is 8.78 Å². The Labute approximate surface area is 161 Å². The van der Waals surface area contributed by atoms with Gasteiger partial charge in [-0.15, -0.1) is 0 Å². The van der Waals surface area contributed by atoms with Gasteiger partial charge in [-0.1, -0.05) is 6.07 Å². The van der Waals surface area contributed by atoms with E-state index in [0.29, 0.717) is 31.6 Å². The largest absolute Gasteiger partial charge is 0.338 e. The Hall–Kier alpha value is -2.77. The fraction of sp³-hybridized carbons (Fsp3) is 0.450. The molecular formula is C20H22F2N4O2. The van der Waals surface area contributed by atoms with Crippen LogP contribution >= 0.6 is 0 Å². The molecule has 0 unspecified atom stereocenters. The summed E-state index contributed by atoms with van der Waals surface area (Å²) in [5.41, 5.74) is 0.763. The Kier molecular flexibility index (Phi) is 4.64. The number of amides is 2. The molecule has 2 aliphatic rings. The number of aromatic amines is 1. The topological polar surface area (TPSA) is 69.3 Å². The summed E-state index contributed by atoms with van der Waals surface area (Å²) in [6, 6.07) is 3.71. The van der Waals surface area contributed by atoms with E-state index in [1.807, 2.05) is 6.92 Å². The van der Waals surface area contributed by atoms with Gasteiger partial charge in [0, 0.05) is 38.1 Å². The molecule has 1 spiro atoms. The number of piperidine rings is 1. The summed E-state index contributed by atoms with van der Waals surface area (Å²) in [6.45, 7) is 3.51. The number of halogens is 2. The third kappa shape index (κ3) is 3.27. The number of imidazole rings is 1. The molecule has 2 fully saturated rings. The summed E-state index contributed by atoms with van der Waals surface area (Å²) in [4.78, 5) is 36.3. The molecule has 2 saturated heterocycles. The summed E-state index contributed by atoms with van der Waals surface area (Å²) in [7, 11) is 0. The van der Waals surface area contributed by atoms with Crippen LogP contribution in [0.5, 0.6) is 0 Å². The molecule has 1 N–H and O–H groups in total. The van der Waals surface area contributed by atoms with E-state index in [1.165, 1.54) is 6.07 Å². The predicted molar refractivity (Wildman–Crippen MR) is 97.3 cm³/mol. The van der Waals surface area contributed by atoms with Gasteiger partial charge in [-0.3, -0.25) is 9.59 Å². The molecule has 4 rings (SSSR count). The van der Waals surface area contributed by atoms with E-state index in [9.17, 15) is 18.4 Å². The number of carbonyl (C=O) groups is 2. The van der Waals surface area contributed by atoms with Crippen molar-refractivity contribution in [3.05, 3.63) is 53.1 Å². The SMILES string of the molecule is Cc1cnc(C(=O)N2CC[C@]3(CCCN(Cc4ccc(F)c(F)c4)C3=O)C2)[nH]1. The highest BCUT2D eigenvalue weighted by molar-refractivity contribution is 5.92. The predicted octanol–water partition coefficient (Wildman–Crippen LogP) is 2.65. The summed E-state index contributed by atoms with van der Waals surface area (Å²) >= 11 is 0. The average molecular weight is 388 g/mol. The molecule has 0 aliphatic carbocycles. The van der Waals surface area contributed by atoms with Gasteiger partial charge in [-0.05, 0) is 43.9 Å². The van der Waals surface area contributed by atoms with Crippen LogP contribution in [0.15, 0.2) is 24.4 Å². The number of nitrogens with zero attached hydrogens (tertiary/aromatic N) is 3. The molecule has 1 atom stereocenters. The van der Waals surface area contributed by atoms with Crippen LogP contribution in [0.25, 0.3) is 0 Å². The quantitative estimate of drug-likeness (QED) is 0.879. The number of nitrogens with one attached hydrogen (secondary N) is 1. The number of aromatic nitrogens is 2. The molecule has 148 valence electrons. The van der Waals surface area contributed by atoms with Crippen molar-refractivity contribution in [2.45, 2.75) is 32.7 Å². The molecule has 28 heavy (non-hydrogen) atoms. The van der Waals surface area contributed by atoms with E-state index in [2.05, 4.69) is 9.97 Å². The normalized spacial score (nSPS) is 22.3. The highest BCUT2D eigenvalue weighted by Gasteiger charge is 2.49. The number of carbonyl (C=O) groups excluding carboxylic acids is 2. The molecule has 8 heteroatoms. The van der Waals surface area contributed by atoms with E-state index in [-0.39, 0.29) is 24.2 Å². The maximum atomic E-state index is 13.5. The minimum Gasteiger partial charge on any atom is -0.338 e. The van der Waals surface area contributed by atoms with Crippen molar-refractivity contribution >= 4 is 11.8 Å². The molecule has 2 amide bonds. The van der Waals surface area contributed by atoms with Crippen molar-refractivity contribution in [1.29, 1.82) is 0 Å². The first-order chi connectivity index (χ1) is 13.4. The van der Waals surface area contributed by atoms with Crippen LogP contribution in [0.2, 0.25) is 0 Å². The zero-order valence-corrected chi connectivity index (χ0v) is 15.7. The van der Waals surface area contributed by atoms with Crippen LogP contribution in [0.1, 0.15) is 41.1 Å². The number of likely N-dealkylation sites (tertiary alicyclic amines) is 2. The zero-order valence-electron chi connectivity index (χ0n) is 15.7. The van der Waals surface area contributed by atoms with Crippen LogP contribution in [-0.4, -0.2) is 51.2 Å². The maximum Gasteiger partial charge on any atom is 0.289 e. The van der Waals surface area contributed by atoms with E-state index in [4.69, 9.17) is 0 Å². The van der Waals surface area contributed by atoms with Crippen LogP contribution in [0, 0.1) is 24.0 Å². The zero-order chi connectivity index (χ0) is 19.9. The second-order valence-corrected chi connectivity index (χ2v) is 7.75. The first-order valence-corrected chi connectivity index (χ1v) is 9.42. The Morgan fingerprint density at radius 3 is 2.79 bits per heavy atom. The van der Waals surface area contributed by atoms with Gasteiger partial charge >= 0.3 is 0 Å². The van der Waals surface area contributed by atoms with Gasteiger partial charge < -0.3 is 14.8 Å². The number of hydrogen-bond donors (Lipinski definition) is 1. The van der Waals surface area contributed by atoms with Crippen molar-refractivity contribution in [2.24, 2.45) is 5.41 Å². The van der Waals surface area contributed by atoms with Gasteiger partial charge in [0.2, 0.25) is 5.91 Å². The Bertz CT molecular complexity index is 929. The third-order valence-electron chi connectivity index (χ3n) is 5.73. The van der Waals surface area contributed by atoms with Gasteiger partial charge in [0.15, 0.2) is 17.5 Å². The maximum absolute atomic E-state index is 13.5. The van der Waals surface area contributed by atoms with Gasteiger partial charge in [-0.2, -0.15) is 0 Å². The minimum atomic E-state index is -0.914. The molecule has 0 radical (unpaired) electrons. The molecule has 0 bridgehead atoms. The van der Waals surface area contributed by atoms with Crippen LogP contribution in [0.3, 0.4) is 0 Å². The number of aryl methyl sites for hydroxylation is 1. The molecule has 6 nitrogen and oxygen atoms in total. The monoisotopic (exact) mass is 388 g/mol. The number of benzene rings is 1. The van der Waals surface area contributed by atoms with Crippen molar-refractivity contribution in [2.75, 3.05) is 19.6 Å². The lowest BCUT2D eigenvalue weighted by Gasteiger charge is -2.39. The lowest BCUT2D eigenvalue weighted by atomic mass is 9.78. The van der Waals surface area contributed by atoms with Crippen molar-refractivity contribution < 1.29 is 18.4 Å². The fourth-order valence-electron chi connectivity index (χ4n) is 4.26. The van der Waals surface area contributed by atoms with E-state index < -0.39 is 17.0 Å². The van der Waals surface area contributed by atoms with Crippen molar-refractivity contribution in [1.82, 2.24) is 19.8 Å². The minimum absolute atomic E-state index is 0.0191. The second-order valence-electron chi connectivity index (χ2n) is 7.75. The van der Waals surface area contributed by atoms with Crippen LogP contribution in [-0.2, 0) is 11.3 Å². The summed E-state index contributed by atoms with van der Waals surface area (Å²) in [5.74, 6) is -1.74. The lowest BCUT2D eigenvalue weighted by Crippen LogP contribution is -2.50. The molecule has 0 saturated carbocycles. The van der Waals surface area contributed by atoms with E-state index in [0.717, 1.165) is 30.7 Å². The lowest BCUT2D eigenvalue weighted by molar-refractivity contribution is -0.146. The molecular weight excluding hydrogens is 366 g/mol. The Balaban J connectivity index is 1.48. The smallest absolute Gasteiger partial charge is 0.289 e. The van der Waals surface area contributed by atoms with Crippen LogP contribution < -0.4 is 0 Å². The molecule has 3 heterocycles. The highest BCUT2D eigenvalue weighted by atomic mass is 19.2. The molecule has 2 aliphatic heterocycles. The van der Waals surface area contributed by atoms with Gasteiger partial charge in [0.25, 0.3) is 5.91 Å². The third-order valence-corrected chi connectivity index (χ3v) is 5.73.